The molecule has 0 saturated carbocycles. The van der Waals surface area contributed by atoms with Gasteiger partial charge >= 0.3 is 0 Å². The van der Waals surface area contributed by atoms with Gasteiger partial charge in [-0.1, -0.05) is 13.8 Å². The number of aliphatic hydroxyl groups excluding tert-OH is 1. The van der Waals surface area contributed by atoms with Crippen molar-refractivity contribution in [2.45, 2.75) is 26.3 Å². The summed E-state index contributed by atoms with van der Waals surface area (Å²) in [5, 5.41) is 11.1. The van der Waals surface area contributed by atoms with E-state index in [0.717, 1.165) is 0 Å². The standard InChI is InChI=1S/C8H18N2O2.ClH/c1-6(2)7(9)8(12)10-4-3-5-11;/h6-7,11H,3-5,9H2,1-2H3,(H,10,12);1H. The minimum absolute atomic E-state index is 0. The second-order valence-electron chi connectivity index (χ2n) is 3.14. The van der Waals surface area contributed by atoms with Crippen LogP contribution in [0.15, 0.2) is 0 Å². The van der Waals surface area contributed by atoms with E-state index in [1.54, 1.807) is 0 Å². The van der Waals surface area contributed by atoms with E-state index in [1.807, 2.05) is 13.8 Å². The minimum atomic E-state index is -0.441. The molecule has 0 rings (SSSR count). The van der Waals surface area contributed by atoms with E-state index in [-0.39, 0.29) is 30.8 Å². The third kappa shape index (κ3) is 6.81. The van der Waals surface area contributed by atoms with Gasteiger partial charge in [0.2, 0.25) is 5.91 Å². The maximum atomic E-state index is 11.1. The summed E-state index contributed by atoms with van der Waals surface area (Å²) in [4.78, 5) is 11.1. The maximum Gasteiger partial charge on any atom is 0.237 e. The van der Waals surface area contributed by atoms with Crippen LogP contribution in [0.4, 0.5) is 0 Å². The molecule has 80 valence electrons. The average molecular weight is 211 g/mol. The zero-order valence-corrected chi connectivity index (χ0v) is 8.93. The highest BCUT2D eigenvalue weighted by atomic mass is 35.5. The van der Waals surface area contributed by atoms with Crippen molar-refractivity contribution in [3.63, 3.8) is 0 Å². The molecule has 0 radical (unpaired) electrons. The molecule has 0 spiro atoms. The summed E-state index contributed by atoms with van der Waals surface area (Å²) in [6.07, 6.45) is 0.580. The van der Waals surface area contributed by atoms with Crippen LogP contribution >= 0.6 is 12.4 Å². The van der Waals surface area contributed by atoms with Crippen molar-refractivity contribution >= 4 is 18.3 Å². The Morgan fingerprint density at radius 2 is 2.08 bits per heavy atom. The molecule has 0 heterocycles. The largest absolute Gasteiger partial charge is 0.396 e. The van der Waals surface area contributed by atoms with E-state index < -0.39 is 6.04 Å². The lowest BCUT2D eigenvalue weighted by atomic mass is 10.1. The van der Waals surface area contributed by atoms with E-state index in [4.69, 9.17) is 10.8 Å². The average Bonchev–Trinajstić information content (AvgIpc) is 2.03. The fourth-order valence-electron chi connectivity index (χ4n) is 0.711. The third-order valence-corrected chi connectivity index (χ3v) is 1.66. The van der Waals surface area contributed by atoms with Gasteiger partial charge in [0.1, 0.15) is 0 Å². The SMILES string of the molecule is CC(C)C(N)C(=O)NCCCO.Cl. The van der Waals surface area contributed by atoms with Gasteiger partial charge in [0.05, 0.1) is 6.04 Å². The number of carbonyl (C=O) groups excluding carboxylic acids is 1. The highest BCUT2D eigenvalue weighted by molar-refractivity contribution is 5.85. The van der Waals surface area contributed by atoms with Crippen molar-refractivity contribution in [1.82, 2.24) is 5.32 Å². The molecule has 1 unspecified atom stereocenters. The minimum Gasteiger partial charge on any atom is -0.396 e. The second kappa shape index (κ2) is 8.29. The van der Waals surface area contributed by atoms with Crippen LogP contribution in [0.5, 0.6) is 0 Å². The van der Waals surface area contributed by atoms with E-state index in [2.05, 4.69) is 5.32 Å². The summed E-state index contributed by atoms with van der Waals surface area (Å²) in [5.41, 5.74) is 5.57. The van der Waals surface area contributed by atoms with Crippen molar-refractivity contribution in [3.8, 4) is 0 Å². The van der Waals surface area contributed by atoms with Crippen molar-refractivity contribution in [3.05, 3.63) is 0 Å². The predicted octanol–water partition coefficient (Wildman–Crippen LogP) is -0.110. The summed E-state index contributed by atoms with van der Waals surface area (Å²) >= 11 is 0. The molecule has 0 fully saturated rings. The first-order valence-electron chi connectivity index (χ1n) is 4.23. The van der Waals surface area contributed by atoms with Crippen LogP contribution in [-0.4, -0.2) is 30.2 Å². The van der Waals surface area contributed by atoms with Crippen molar-refractivity contribution in [2.75, 3.05) is 13.2 Å². The Balaban J connectivity index is 0. The predicted molar refractivity (Wildman–Crippen MR) is 54.8 cm³/mol. The van der Waals surface area contributed by atoms with Gasteiger partial charge in [-0.15, -0.1) is 12.4 Å². The monoisotopic (exact) mass is 210 g/mol. The molecular weight excluding hydrogens is 192 g/mol. The quantitative estimate of drug-likeness (QED) is 0.555. The Morgan fingerprint density at radius 3 is 2.46 bits per heavy atom. The summed E-state index contributed by atoms with van der Waals surface area (Å²) in [6.45, 7) is 4.39. The van der Waals surface area contributed by atoms with Crippen molar-refractivity contribution < 1.29 is 9.90 Å². The van der Waals surface area contributed by atoms with Gasteiger partial charge in [0.25, 0.3) is 0 Å². The molecule has 0 aliphatic heterocycles. The number of carbonyl (C=O) groups is 1. The highest BCUT2D eigenvalue weighted by Gasteiger charge is 2.15. The van der Waals surface area contributed by atoms with Crippen LogP contribution in [0.2, 0.25) is 0 Å². The summed E-state index contributed by atoms with van der Waals surface area (Å²) in [7, 11) is 0. The molecular formula is C8H19ClN2O2. The lowest BCUT2D eigenvalue weighted by molar-refractivity contribution is -0.123. The van der Waals surface area contributed by atoms with Crippen LogP contribution in [-0.2, 0) is 4.79 Å². The van der Waals surface area contributed by atoms with Crippen LogP contribution < -0.4 is 11.1 Å². The molecule has 4 nitrogen and oxygen atoms in total. The van der Waals surface area contributed by atoms with Gasteiger partial charge in [-0.3, -0.25) is 4.79 Å². The van der Waals surface area contributed by atoms with E-state index in [9.17, 15) is 4.79 Å². The van der Waals surface area contributed by atoms with E-state index in [0.29, 0.717) is 13.0 Å². The number of nitrogens with one attached hydrogen (secondary N) is 1. The number of hydrogen-bond acceptors (Lipinski definition) is 3. The zero-order chi connectivity index (χ0) is 9.56. The number of nitrogens with two attached hydrogens (primary N) is 1. The molecule has 13 heavy (non-hydrogen) atoms. The number of rotatable bonds is 5. The Kier molecular flexibility index (Phi) is 9.67. The molecule has 4 N–H and O–H groups in total. The molecule has 0 aliphatic rings. The van der Waals surface area contributed by atoms with Gasteiger partial charge in [-0.05, 0) is 12.3 Å². The van der Waals surface area contributed by atoms with Crippen LogP contribution in [0.25, 0.3) is 0 Å². The second-order valence-corrected chi connectivity index (χ2v) is 3.14. The molecule has 0 bridgehead atoms. The Morgan fingerprint density at radius 1 is 1.54 bits per heavy atom. The summed E-state index contributed by atoms with van der Waals surface area (Å²) in [5.74, 6) is 0.0116. The number of aliphatic hydroxyl groups is 1. The fourth-order valence-corrected chi connectivity index (χ4v) is 0.711. The molecule has 0 aliphatic carbocycles. The zero-order valence-electron chi connectivity index (χ0n) is 8.12. The van der Waals surface area contributed by atoms with Gasteiger partial charge in [0.15, 0.2) is 0 Å². The lowest BCUT2D eigenvalue weighted by Crippen LogP contribution is -2.44. The van der Waals surface area contributed by atoms with Crippen molar-refractivity contribution in [2.24, 2.45) is 11.7 Å². The fraction of sp³-hybridized carbons (Fsp3) is 0.875. The maximum absolute atomic E-state index is 11.1. The van der Waals surface area contributed by atoms with Gasteiger partial charge in [0, 0.05) is 13.2 Å². The lowest BCUT2D eigenvalue weighted by Gasteiger charge is -2.14. The summed E-state index contributed by atoms with van der Waals surface area (Å²) in [6, 6.07) is -0.441. The first-order chi connectivity index (χ1) is 5.59. The number of hydrogen-bond donors (Lipinski definition) is 3. The third-order valence-electron chi connectivity index (χ3n) is 1.66. The van der Waals surface area contributed by atoms with Crippen molar-refractivity contribution in [1.29, 1.82) is 0 Å². The molecule has 5 heteroatoms. The van der Waals surface area contributed by atoms with E-state index >= 15 is 0 Å². The van der Waals surface area contributed by atoms with Gasteiger partial charge < -0.3 is 16.2 Å². The molecule has 1 amide bonds. The van der Waals surface area contributed by atoms with Gasteiger partial charge in [-0.25, -0.2) is 0 Å². The first kappa shape index (κ1) is 15.2. The normalized spacial score (nSPS) is 12.1. The first-order valence-corrected chi connectivity index (χ1v) is 4.23. The summed E-state index contributed by atoms with van der Waals surface area (Å²) < 4.78 is 0. The van der Waals surface area contributed by atoms with Crippen LogP contribution in [0, 0.1) is 5.92 Å². The topological polar surface area (TPSA) is 75.4 Å². The van der Waals surface area contributed by atoms with Crippen LogP contribution in [0.1, 0.15) is 20.3 Å². The Labute approximate surface area is 85.3 Å². The molecule has 0 aromatic carbocycles. The number of halogens is 1. The molecule has 1 atom stereocenters. The molecule has 0 aromatic heterocycles. The smallest absolute Gasteiger partial charge is 0.237 e. The molecule has 0 aromatic rings. The highest BCUT2D eigenvalue weighted by Crippen LogP contribution is 1.97. The van der Waals surface area contributed by atoms with E-state index in [1.165, 1.54) is 0 Å². The number of amides is 1. The van der Waals surface area contributed by atoms with Crippen LogP contribution in [0.3, 0.4) is 0 Å². The molecule has 0 saturated heterocycles. The Hall–Kier alpha value is -0.320. The Bertz CT molecular complexity index is 142. The van der Waals surface area contributed by atoms with Gasteiger partial charge in [-0.2, -0.15) is 0 Å².